The van der Waals surface area contributed by atoms with Crippen molar-refractivity contribution < 1.29 is 9.72 Å². The number of benzene rings is 1. The zero-order valence-electron chi connectivity index (χ0n) is 11.5. The number of piperazine rings is 1. The van der Waals surface area contributed by atoms with Gasteiger partial charge in [0.2, 0.25) is 0 Å². The van der Waals surface area contributed by atoms with Crippen LogP contribution in [0.1, 0.15) is 23.2 Å². The highest BCUT2D eigenvalue weighted by atomic mass is 35.5. The van der Waals surface area contributed by atoms with Gasteiger partial charge in [0.05, 0.1) is 10.5 Å². The summed E-state index contributed by atoms with van der Waals surface area (Å²) in [5.74, 6) is -0.223. The molecule has 112 valence electrons. The number of rotatable bonds is 3. The fraction of sp³-hybridized carbons (Fsp3) is 0.500. The summed E-state index contributed by atoms with van der Waals surface area (Å²) >= 11 is 6.01. The molecule has 1 aliphatic carbocycles. The first-order valence-corrected chi connectivity index (χ1v) is 7.42. The monoisotopic (exact) mass is 309 g/mol. The molecule has 0 N–H and O–H groups in total. The molecular weight excluding hydrogens is 294 g/mol. The number of amides is 1. The van der Waals surface area contributed by atoms with Crippen LogP contribution in [0.3, 0.4) is 0 Å². The molecule has 6 nitrogen and oxygen atoms in total. The molecule has 2 aliphatic rings. The van der Waals surface area contributed by atoms with Crippen LogP contribution in [0, 0.1) is 10.1 Å². The summed E-state index contributed by atoms with van der Waals surface area (Å²) in [4.78, 5) is 26.9. The minimum atomic E-state index is -0.565. The van der Waals surface area contributed by atoms with Crippen LogP contribution in [0.5, 0.6) is 0 Å². The smallest absolute Gasteiger partial charge is 0.288 e. The highest BCUT2D eigenvalue weighted by molar-refractivity contribution is 6.35. The summed E-state index contributed by atoms with van der Waals surface area (Å²) < 4.78 is 0. The highest BCUT2D eigenvalue weighted by Gasteiger charge is 2.33. The molecule has 1 aliphatic heterocycles. The van der Waals surface area contributed by atoms with Crippen molar-refractivity contribution in [3.05, 3.63) is 38.9 Å². The van der Waals surface area contributed by atoms with Gasteiger partial charge in [-0.2, -0.15) is 0 Å². The van der Waals surface area contributed by atoms with Gasteiger partial charge < -0.3 is 4.90 Å². The minimum absolute atomic E-state index is 0.0721. The first-order chi connectivity index (χ1) is 10.1. The lowest BCUT2D eigenvalue weighted by atomic mass is 10.1. The van der Waals surface area contributed by atoms with Gasteiger partial charge in [0.15, 0.2) is 0 Å². The molecule has 1 saturated heterocycles. The maximum Gasteiger partial charge on any atom is 0.288 e. The first-order valence-electron chi connectivity index (χ1n) is 7.04. The third kappa shape index (κ3) is 2.87. The molecule has 2 fully saturated rings. The molecule has 0 atom stereocenters. The molecule has 0 bridgehead atoms. The second-order valence-corrected chi connectivity index (χ2v) is 5.83. The highest BCUT2D eigenvalue weighted by Crippen LogP contribution is 2.30. The predicted molar refractivity (Wildman–Crippen MR) is 78.6 cm³/mol. The molecule has 21 heavy (non-hydrogen) atoms. The van der Waals surface area contributed by atoms with E-state index in [1.165, 1.54) is 25.0 Å². The van der Waals surface area contributed by atoms with E-state index >= 15 is 0 Å². The first kappa shape index (κ1) is 14.3. The van der Waals surface area contributed by atoms with Crippen LogP contribution in [0.25, 0.3) is 0 Å². The van der Waals surface area contributed by atoms with E-state index in [0.717, 1.165) is 13.1 Å². The van der Waals surface area contributed by atoms with Gasteiger partial charge in [-0.3, -0.25) is 19.8 Å². The van der Waals surface area contributed by atoms with Gasteiger partial charge in [-0.25, -0.2) is 0 Å². The van der Waals surface area contributed by atoms with Crippen molar-refractivity contribution in [3.8, 4) is 0 Å². The van der Waals surface area contributed by atoms with Gasteiger partial charge in [0.25, 0.3) is 11.6 Å². The SMILES string of the molecule is O=C(c1cccc([N+](=O)[O-])c1Cl)N1CCN(C2CC2)CC1. The number of carbonyl (C=O) groups excluding carboxylic acids is 1. The quantitative estimate of drug-likeness (QED) is 0.634. The third-order valence-electron chi connectivity index (χ3n) is 4.07. The summed E-state index contributed by atoms with van der Waals surface area (Å²) in [6.07, 6.45) is 2.51. The number of nitro benzene ring substituents is 1. The van der Waals surface area contributed by atoms with Crippen molar-refractivity contribution in [2.75, 3.05) is 26.2 Å². The largest absolute Gasteiger partial charge is 0.336 e. The van der Waals surface area contributed by atoms with Crippen molar-refractivity contribution in [1.29, 1.82) is 0 Å². The number of hydrogen-bond donors (Lipinski definition) is 0. The molecule has 0 radical (unpaired) electrons. The lowest BCUT2D eigenvalue weighted by Gasteiger charge is -2.34. The van der Waals surface area contributed by atoms with Crippen LogP contribution >= 0.6 is 11.6 Å². The predicted octanol–water partition coefficient (Wildman–Crippen LogP) is 2.17. The van der Waals surface area contributed by atoms with Gasteiger partial charge >= 0.3 is 0 Å². The Balaban J connectivity index is 1.73. The molecule has 1 saturated carbocycles. The normalized spacial score (nSPS) is 19.6. The van der Waals surface area contributed by atoms with E-state index in [9.17, 15) is 14.9 Å². The molecule has 1 aromatic rings. The van der Waals surface area contributed by atoms with Crippen LogP contribution < -0.4 is 0 Å². The van der Waals surface area contributed by atoms with Crippen molar-refractivity contribution in [2.24, 2.45) is 0 Å². The van der Waals surface area contributed by atoms with Crippen LogP contribution in [0.15, 0.2) is 18.2 Å². The Morgan fingerprint density at radius 2 is 1.90 bits per heavy atom. The number of carbonyl (C=O) groups is 1. The Kier molecular flexibility index (Phi) is 3.82. The van der Waals surface area contributed by atoms with Gasteiger partial charge in [-0.15, -0.1) is 0 Å². The zero-order valence-corrected chi connectivity index (χ0v) is 12.3. The average molecular weight is 310 g/mol. The Hall–Kier alpha value is -1.66. The molecule has 0 spiro atoms. The van der Waals surface area contributed by atoms with Crippen molar-refractivity contribution >= 4 is 23.2 Å². The molecule has 3 rings (SSSR count). The van der Waals surface area contributed by atoms with E-state index < -0.39 is 4.92 Å². The lowest BCUT2D eigenvalue weighted by Crippen LogP contribution is -2.49. The molecule has 1 heterocycles. The summed E-state index contributed by atoms with van der Waals surface area (Å²) in [5.41, 5.74) is -0.00938. The molecule has 1 amide bonds. The third-order valence-corrected chi connectivity index (χ3v) is 4.47. The van der Waals surface area contributed by atoms with E-state index in [1.54, 1.807) is 11.0 Å². The Morgan fingerprint density at radius 3 is 2.48 bits per heavy atom. The molecule has 0 aromatic heterocycles. The van der Waals surface area contributed by atoms with E-state index in [2.05, 4.69) is 4.90 Å². The van der Waals surface area contributed by atoms with Crippen LogP contribution in [-0.4, -0.2) is 52.9 Å². The van der Waals surface area contributed by atoms with E-state index in [1.807, 2.05) is 0 Å². The fourth-order valence-corrected chi connectivity index (χ4v) is 3.00. The summed E-state index contributed by atoms with van der Waals surface area (Å²) in [7, 11) is 0. The second-order valence-electron chi connectivity index (χ2n) is 5.46. The zero-order chi connectivity index (χ0) is 15.0. The van der Waals surface area contributed by atoms with Gasteiger partial charge in [0, 0.05) is 38.3 Å². The summed E-state index contributed by atoms with van der Waals surface area (Å²) in [6.45, 7) is 3.02. The summed E-state index contributed by atoms with van der Waals surface area (Å²) in [5, 5.41) is 10.8. The fourth-order valence-electron chi connectivity index (χ4n) is 2.73. The number of hydrogen-bond acceptors (Lipinski definition) is 4. The van der Waals surface area contributed by atoms with Crippen molar-refractivity contribution in [2.45, 2.75) is 18.9 Å². The van der Waals surface area contributed by atoms with Crippen molar-refractivity contribution in [1.82, 2.24) is 9.80 Å². The minimum Gasteiger partial charge on any atom is -0.336 e. The maximum atomic E-state index is 12.5. The van der Waals surface area contributed by atoms with E-state index in [0.29, 0.717) is 19.1 Å². The summed E-state index contributed by atoms with van der Waals surface area (Å²) in [6, 6.07) is 5.05. The Labute approximate surface area is 127 Å². The van der Waals surface area contributed by atoms with Gasteiger partial charge in [0.1, 0.15) is 5.02 Å². The number of nitrogens with zero attached hydrogens (tertiary/aromatic N) is 3. The Morgan fingerprint density at radius 1 is 1.24 bits per heavy atom. The number of halogens is 1. The van der Waals surface area contributed by atoms with Crippen LogP contribution in [-0.2, 0) is 0 Å². The second kappa shape index (κ2) is 5.61. The van der Waals surface area contributed by atoms with E-state index in [-0.39, 0.29) is 22.2 Å². The van der Waals surface area contributed by atoms with E-state index in [4.69, 9.17) is 11.6 Å². The lowest BCUT2D eigenvalue weighted by molar-refractivity contribution is -0.384. The van der Waals surface area contributed by atoms with Gasteiger partial charge in [-0.1, -0.05) is 17.7 Å². The number of nitro groups is 1. The molecular formula is C14H16ClN3O3. The molecule has 7 heteroatoms. The standard InChI is InChI=1S/C14H16ClN3O3/c15-13-11(2-1-3-12(13)18(20)21)14(19)17-8-6-16(7-9-17)10-4-5-10/h1-3,10H,4-9H2. The van der Waals surface area contributed by atoms with Gasteiger partial charge in [-0.05, 0) is 18.9 Å². The Bertz CT molecular complexity index is 581. The average Bonchev–Trinajstić information content (AvgIpc) is 3.31. The van der Waals surface area contributed by atoms with Crippen LogP contribution in [0.4, 0.5) is 5.69 Å². The maximum absolute atomic E-state index is 12.5. The molecule has 1 aromatic carbocycles. The topological polar surface area (TPSA) is 66.7 Å². The van der Waals surface area contributed by atoms with Crippen LogP contribution in [0.2, 0.25) is 5.02 Å². The van der Waals surface area contributed by atoms with Crippen molar-refractivity contribution in [3.63, 3.8) is 0 Å². The molecule has 0 unspecified atom stereocenters.